The van der Waals surface area contributed by atoms with Crippen LogP contribution in [0.2, 0.25) is 0 Å². The Morgan fingerprint density at radius 3 is 2.79 bits per heavy atom. The summed E-state index contributed by atoms with van der Waals surface area (Å²) in [6.07, 6.45) is 6.76. The van der Waals surface area contributed by atoms with Gasteiger partial charge >= 0.3 is 0 Å². The third kappa shape index (κ3) is 3.23. The highest BCUT2D eigenvalue weighted by Crippen LogP contribution is 2.19. The summed E-state index contributed by atoms with van der Waals surface area (Å²) in [5.41, 5.74) is 2.44. The second-order valence-corrected chi connectivity index (χ2v) is 5.18. The fraction of sp³-hybridized carbons (Fsp3) is 0.571. The number of hydrogen-bond acceptors (Lipinski definition) is 3. The molecular formula is C14H23N5. The zero-order valence-electron chi connectivity index (χ0n) is 12.1. The van der Waals surface area contributed by atoms with Crippen LogP contribution in [0.15, 0.2) is 18.6 Å². The lowest BCUT2D eigenvalue weighted by molar-refractivity contribution is 0.496. The molecule has 2 heterocycles. The number of H-pyrrole nitrogens is 1. The molecule has 0 bridgehead atoms. The predicted octanol–water partition coefficient (Wildman–Crippen LogP) is 2.51. The van der Waals surface area contributed by atoms with Gasteiger partial charge in [-0.1, -0.05) is 20.8 Å². The Balaban J connectivity index is 2.05. The third-order valence-electron chi connectivity index (χ3n) is 3.28. The minimum Gasteiger partial charge on any atom is -0.347 e. The van der Waals surface area contributed by atoms with E-state index in [0.717, 1.165) is 18.8 Å². The van der Waals surface area contributed by atoms with E-state index in [-0.39, 0.29) is 6.04 Å². The van der Waals surface area contributed by atoms with Crippen molar-refractivity contribution in [3.63, 3.8) is 0 Å². The van der Waals surface area contributed by atoms with Crippen molar-refractivity contribution in [2.45, 2.75) is 45.7 Å². The van der Waals surface area contributed by atoms with Crippen LogP contribution in [0.3, 0.4) is 0 Å². The molecule has 2 aromatic heterocycles. The van der Waals surface area contributed by atoms with E-state index in [4.69, 9.17) is 0 Å². The monoisotopic (exact) mass is 261 g/mol. The number of nitrogens with one attached hydrogen (secondary N) is 2. The third-order valence-corrected chi connectivity index (χ3v) is 3.28. The normalized spacial score (nSPS) is 13.1. The molecule has 5 nitrogen and oxygen atoms in total. The van der Waals surface area contributed by atoms with Crippen LogP contribution in [0.4, 0.5) is 0 Å². The van der Waals surface area contributed by atoms with Crippen LogP contribution in [0.25, 0.3) is 0 Å². The van der Waals surface area contributed by atoms with Crippen molar-refractivity contribution < 1.29 is 0 Å². The molecule has 1 atom stereocenters. The number of nitrogens with zero attached hydrogens (tertiary/aromatic N) is 3. The standard InChI is InChI=1S/C14H23N5/c1-5-12(14-15-6-7-16-14)17-8-11-9-19(4)18-13(11)10(2)3/h6-7,9-10,12,17H,5,8H2,1-4H3,(H,15,16). The number of aromatic amines is 1. The lowest BCUT2D eigenvalue weighted by atomic mass is 10.1. The zero-order chi connectivity index (χ0) is 13.8. The Labute approximate surface area is 114 Å². The first-order valence-corrected chi connectivity index (χ1v) is 6.86. The van der Waals surface area contributed by atoms with E-state index in [1.165, 1.54) is 11.3 Å². The van der Waals surface area contributed by atoms with E-state index in [9.17, 15) is 0 Å². The summed E-state index contributed by atoms with van der Waals surface area (Å²) >= 11 is 0. The van der Waals surface area contributed by atoms with E-state index in [1.807, 2.05) is 17.9 Å². The highest BCUT2D eigenvalue weighted by molar-refractivity contribution is 5.20. The highest BCUT2D eigenvalue weighted by Gasteiger charge is 2.15. The Kier molecular flexibility index (Phi) is 4.37. The Bertz CT molecular complexity index is 498. The van der Waals surface area contributed by atoms with E-state index < -0.39 is 0 Å². The van der Waals surface area contributed by atoms with Gasteiger partial charge < -0.3 is 10.3 Å². The topological polar surface area (TPSA) is 58.5 Å². The second kappa shape index (κ2) is 6.02. The maximum Gasteiger partial charge on any atom is 0.123 e. The number of aryl methyl sites for hydroxylation is 1. The van der Waals surface area contributed by atoms with Gasteiger partial charge in [0.25, 0.3) is 0 Å². The number of rotatable bonds is 6. The van der Waals surface area contributed by atoms with E-state index in [2.05, 4.69) is 47.4 Å². The lowest BCUT2D eigenvalue weighted by Gasteiger charge is -2.15. The molecule has 2 rings (SSSR count). The molecule has 1 unspecified atom stereocenters. The van der Waals surface area contributed by atoms with Crippen LogP contribution < -0.4 is 5.32 Å². The van der Waals surface area contributed by atoms with Gasteiger partial charge in [-0.25, -0.2) is 4.98 Å². The first-order chi connectivity index (χ1) is 9.11. The minimum absolute atomic E-state index is 0.259. The first kappa shape index (κ1) is 13.8. The van der Waals surface area contributed by atoms with Crippen molar-refractivity contribution in [2.75, 3.05) is 0 Å². The Hall–Kier alpha value is -1.62. The van der Waals surface area contributed by atoms with E-state index >= 15 is 0 Å². The predicted molar refractivity (Wildman–Crippen MR) is 75.8 cm³/mol. The number of imidazole rings is 1. The van der Waals surface area contributed by atoms with Crippen molar-refractivity contribution in [1.29, 1.82) is 0 Å². The molecule has 0 saturated carbocycles. The molecule has 0 aliphatic rings. The highest BCUT2D eigenvalue weighted by atomic mass is 15.3. The molecule has 5 heteroatoms. The maximum atomic E-state index is 4.53. The summed E-state index contributed by atoms with van der Waals surface area (Å²) in [4.78, 5) is 7.50. The summed E-state index contributed by atoms with van der Waals surface area (Å²) in [5, 5.41) is 8.08. The smallest absolute Gasteiger partial charge is 0.123 e. The van der Waals surface area contributed by atoms with Crippen molar-refractivity contribution in [1.82, 2.24) is 25.1 Å². The van der Waals surface area contributed by atoms with Crippen molar-refractivity contribution in [3.05, 3.63) is 35.7 Å². The van der Waals surface area contributed by atoms with Crippen LogP contribution in [0.5, 0.6) is 0 Å². The van der Waals surface area contributed by atoms with Gasteiger partial charge in [0.05, 0.1) is 11.7 Å². The molecule has 0 fully saturated rings. The van der Waals surface area contributed by atoms with Crippen LogP contribution in [0, 0.1) is 0 Å². The molecule has 2 aromatic rings. The average Bonchev–Trinajstić information content (AvgIpc) is 2.99. The van der Waals surface area contributed by atoms with Crippen molar-refractivity contribution in [3.8, 4) is 0 Å². The van der Waals surface area contributed by atoms with Gasteiger partial charge in [0.15, 0.2) is 0 Å². The first-order valence-electron chi connectivity index (χ1n) is 6.86. The van der Waals surface area contributed by atoms with Crippen molar-refractivity contribution >= 4 is 0 Å². The quantitative estimate of drug-likeness (QED) is 0.840. The van der Waals surface area contributed by atoms with Crippen LogP contribution in [-0.4, -0.2) is 19.7 Å². The van der Waals surface area contributed by atoms with Crippen LogP contribution >= 0.6 is 0 Å². The Morgan fingerprint density at radius 1 is 1.42 bits per heavy atom. The van der Waals surface area contributed by atoms with E-state index in [1.54, 1.807) is 6.20 Å². The molecular weight excluding hydrogens is 238 g/mol. The van der Waals surface area contributed by atoms with Crippen LogP contribution in [-0.2, 0) is 13.6 Å². The van der Waals surface area contributed by atoms with Crippen molar-refractivity contribution in [2.24, 2.45) is 7.05 Å². The molecule has 0 spiro atoms. The molecule has 19 heavy (non-hydrogen) atoms. The summed E-state index contributed by atoms with van der Waals surface area (Å²) in [7, 11) is 1.97. The second-order valence-electron chi connectivity index (χ2n) is 5.18. The molecule has 2 N–H and O–H groups in total. The largest absolute Gasteiger partial charge is 0.347 e. The van der Waals surface area contributed by atoms with E-state index in [0.29, 0.717) is 5.92 Å². The van der Waals surface area contributed by atoms with Gasteiger partial charge in [-0.15, -0.1) is 0 Å². The summed E-state index contributed by atoms with van der Waals surface area (Å²) in [5.74, 6) is 1.44. The summed E-state index contributed by atoms with van der Waals surface area (Å²) < 4.78 is 1.89. The SMILES string of the molecule is CCC(NCc1cn(C)nc1C(C)C)c1ncc[nH]1. The number of aromatic nitrogens is 4. The fourth-order valence-electron chi connectivity index (χ4n) is 2.31. The summed E-state index contributed by atoms with van der Waals surface area (Å²) in [6, 6.07) is 0.259. The van der Waals surface area contributed by atoms with Gasteiger partial charge in [0, 0.05) is 37.7 Å². The molecule has 0 aromatic carbocycles. The zero-order valence-corrected chi connectivity index (χ0v) is 12.1. The Morgan fingerprint density at radius 2 is 2.21 bits per heavy atom. The lowest BCUT2D eigenvalue weighted by Crippen LogP contribution is -2.21. The molecule has 104 valence electrons. The number of hydrogen-bond donors (Lipinski definition) is 2. The minimum atomic E-state index is 0.259. The maximum absolute atomic E-state index is 4.53. The molecule has 0 aliphatic carbocycles. The fourth-order valence-corrected chi connectivity index (χ4v) is 2.31. The van der Waals surface area contributed by atoms with Gasteiger partial charge in [-0.2, -0.15) is 5.10 Å². The molecule has 0 amide bonds. The van der Waals surface area contributed by atoms with Gasteiger partial charge in [0.2, 0.25) is 0 Å². The van der Waals surface area contributed by atoms with Gasteiger partial charge in [-0.05, 0) is 12.3 Å². The van der Waals surface area contributed by atoms with Crippen LogP contribution in [0.1, 0.15) is 56.2 Å². The molecule has 0 radical (unpaired) electrons. The summed E-state index contributed by atoms with van der Waals surface area (Å²) in [6.45, 7) is 7.33. The average molecular weight is 261 g/mol. The molecule has 0 aliphatic heterocycles. The van der Waals surface area contributed by atoms with Gasteiger partial charge in [0.1, 0.15) is 5.82 Å². The molecule has 0 saturated heterocycles. The van der Waals surface area contributed by atoms with Gasteiger partial charge in [-0.3, -0.25) is 4.68 Å².